The van der Waals surface area contributed by atoms with Gasteiger partial charge in [0.25, 0.3) is 0 Å². The topological polar surface area (TPSA) is 95.6 Å². The molecule has 2 aliphatic heterocycles. The number of carbonyl (C=O) groups is 1. The molecule has 2 aliphatic rings. The normalized spacial score (nSPS) is 20.3. The first-order valence-electron chi connectivity index (χ1n) is 12.3. The minimum atomic E-state index is -1.62. The fourth-order valence-electron chi connectivity index (χ4n) is 5.81. The molecule has 0 aliphatic carbocycles. The Hall–Kier alpha value is -4.46. The van der Waals surface area contributed by atoms with Crippen molar-refractivity contribution in [1.82, 2.24) is 0 Å². The van der Waals surface area contributed by atoms with Crippen molar-refractivity contribution in [2.75, 3.05) is 26.2 Å². The van der Waals surface area contributed by atoms with Crippen molar-refractivity contribution in [2.24, 2.45) is 5.41 Å². The number of ether oxygens (including phenoxy) is 3. The Bertz CT molecular complexity index is 1530. The molecule has 0 bridgehead atoms. The van der Waals surface area contributed by atoms with E-state index in [2.05, 4.69) is 12.1 Å². The van der Waals surface area contributed by atoms with Crippen molar-refractivity contribution in [2.45, 2.75) is 24.9 Å². The number of aryl methyl sites for hydroxylation is 1. The van der Waals surface area contributed by atoms with Gasteiger partial charge in [0, 0.05) is 22.2 Å². The summed E-state index contributed by atoms with van der Waals surface area (Å²) in [6, 6.07) is 19.2. The van der Waals surface area contributed by atoms with Gasteiger partial charge in [0.15, 0.2) is 22.7 Å². The van der Waals surface area contributed by atoms with E-state index < -0.39 is 23.4 Å². The Balaban J connectivity index is 1.82. The summed E-state index contributed by atoms with van der Waals surface area (Å²) in [5, 5.41) is 21.9. The lowest BCUT2D eigenvalue weighted by Gasteiger charge is -2.35. The summed E-state index contributed by atoms with van der Waals surface area (Å²) in [4.78, 5) is 16.3. The molecule has 0 radical (unpaired) electrons. The highest BCUT2D eigenvalue weighted by atomic mass is 35.5. The van der Waals surface area contributed by atoms with E-state index >= 15 is 0 Å². The van der Waals surface area contributed by atoms with E-state index in [9.17, 15) is 15.3 Å². The number of Topliss-reactive ketones (excluding diaryl/α,β-unsaturated/α-hetero) is 1. The Morgan fingerprint density at radius 1 is 0.949 bits per heavy atom. The van der Waals surface area contributed by atoms with Gasteiger partial charge in [0.2, 0.25) is 5.75 Å². The van der Waals surface area contributed by atoms with Crippen LogP contribution in [0.2, 0.25) is 5.02 Å². The van der Waals surface area contributed by atoms with E-state index in [1.54, 1.807) is 30.3 Å². The molecule has 0 spiro atoms. The number of halogens is 1. The summed E-state index contributed by atoms with van der Waals surface area (Å²) in [7, 11) is 4.50. The zero-order valence-electron chi connectivity index (χ0n) is 21.9. The molecule has 1 saturated heterocycles. The largest absolute Gasteiger partial charge is 0.493 e. The van der Waals surface area contributed by atoms with Gasteiger partial charge in [0.05, 0.1) is 39.5 Å². The molecular formula is C31H26ClN3O4. The fraction of sp³-hybridized carbons (Fsp3) is 0.258. The number of nitrogens with zero attached hydrogens (tertiary/aromatic N) is 3. The smallest absolute Gasteiger partial charge is 0.203 e. The van der Waals surface area contributed by atoms with Crippen LogP contribution in [-0.4, -0.2) is 39.2 Å². The first-order chi connectivity index (χ1) is 18.8. The quantitative estimate of drug-likeness (QED) is 0.357. The van der Waals surface area contributed by atoms with E-state index in [0.717, 1.165) is 16.8 Å². The lowest BCUT2D eigenvalue weighted by Crippen LogP contribution is -2.44. The molecule has 0 amide bonds. The highest BCUT2D eigenvalue weighted by molar-refractivity contribution is 6.30. The molecule has 3 aromatic carbocycles. The van der Waals surface area contributed by atoms with E-state index in [0.29, 0.717) is 33.4 Å². The van der Waals surface area contributed by atoms with Crippen LogP contribution in [0.15, 0.2) is 60.7 Å². The minimum Gasteiger partial charge on any atom is -0.493 e. The summed E-state index contributed by atoms with van der Waals surface area (Å²) < 4.78 is 16.7. The van der Waals surface area contributed by atoms with Crippen LogP contribution in [0.1, 0.15) is 33.0 Å². The van der Waals surface area contributed by atoms with Crippen molar-refractivity contribution < 1.29 is 19.0 Å². The second kappa shape index (κ2) is 10.0. The minimum absolute atomic E-state index is 0.206. The van der Waals surface area contributed by atoms with Gasteiger partial charge in [-0.2, -0.15) is 10.5 Å². The van der Waals surface area contributed by atoms with Crippen molar-refractivity contribution >= 4 is 29.1 Å². The maximum Gasteiger partial charge on any atom is 0.203 e. The SMILES string of the molecule is COc1cc([C@@H]2[C@@H](C(=O)c3ccc(C)cc3)N3c4ccc(Cl)cc4C=C[C@@H]3C2(C#N)C#N)cc(OC)c1OC. The van der Waals surface area contributed by atoms with Gasteiger partial charge in [-0.1, -0.05) is 53.6 Å². The van der Waals surface area contributed by atoms with Gasteiger partial charge in [0.1, 0.15) is 6.04 Å². The van der Waals surface area contributed by atoms with Crippen molar-refractivity contribution in [1.29, 1.82) is 10.5 Å². The Kier molecular flexibility index (Phi) is 6.72. The van der Waals surface area contributed by atoms with Crippen LogP contribution in [-0.2, 0) is 0 Å². The Morgan fingerprint density at radius 3 is 2.15 bits per heavy atom. The third-order valence-electron chi connectivity index (χ3n) is 7.62. The molecule has 7 nitrogen and oxygen atoms in total. The molecule has 8 heteroatoms. The van der Waals surface area contributed by atoms with Crippen molar-refractivity contribution in [3.8, 4) is 29.4 Å². The van der Waals surface area contributed by atoms with Gasteiger partial charge < -0.3 is 19.1 Å². The number of rotatable bonds is 6. The molecule has 39 heavy (non-hydrogen) atoms. The second-order valence-electron chi connectivity index (χ2n) is 9.62. The van der Waals surface area contributed by atoms with Crippen molar-refractivity contribution in [3.05, 3.63) is 87.9 Å². The molecule has 5 rings (SSSR count). The van der Waals surface area contributed by atoms with Gasteiger partial charge in [-0.05, 0) is 48.4 Å². The van der Waals surface area contributed by atoms with E-state index in [1.165, 1.54) is 21.3 Å². The zero-order valence-corrected chi connectivity index (χ0v) is 22.7. The molecular weight excluding hydrogens is 514 g/mol. The highest BCUT2D eigenvalue weighted by Crippen LogP contribution is 2.57. The maximum absolute atomic E-state index is 14.4. The number of anilines is 1. The summed E-state index contributed by atoms with van der Waals surface area (Å²) >= 11 is 6.30. The number of carbonyl (C=O) groups excluding carboxylic acids is 1. The average molecular weight is 540 g/mol. The fourth-order valence-corrected chi connectivity index (χ4v) is 5.99. The van der Waals surface area contributed by atoms with Crippen LogP contribution in [0, 0.1) is 35.0 Å². The lowest BCUT2D eigenvalue weighted by atomic mass is 9.69. The summed E-state index contributed by atoms with van der Waals surface area (Å²) in [5.41, 5.74) is 1.96. The van der Waals surface area contributed by atoms with Gasteiger partial charge in [-0.3, -0.25) is 4.79 Å². The molecule has 0 aromatic heterocycles. The first-order valence-corrected chi connectivity index (χ1v) is 12.7. The summed E-state index contributed by atoms with van der Waals surface area (Å²) in [6.07, 6.45) is 3.68. The maximum atomic E-state index is 14.4. The predicted molar refractivity (Wildman–Crippen MR) is 149 cm³/mol. The standard InChI is InChI=1S/C31H26ClN3O4/c1-18-5-7-19(8-6-18)29(36)28-27(21-14-24(37-2)30(39-4)25(15-21)38-3)31(16-33,17-34)26-12-9-20-13-22(32)10-11-23(20)35(26)28/h5-15,26-28H,1-4H3/t26-,27-,28+/m1/s1. The number of hydrogen-bond acceptors (Lipinski definition) is 7. The number of nitriles is 2. The molecule has 2 heterocycles. The number of fused-ring (bicyclic) bond motifs is 3. The third kappa shape index (κ3) is 3.98. The Labute approximate surface area is 232 Å². The number of methoxy groups -OCH3 is 3. The molecule has 196 valence electrons. The van der Waals surface area contributed by atoms with E-state index in [4.69, 9.17) is 25.8 Å². The lowest BCUT2D eigenvalue weighted by molar-refractivity contribution is 0.0950. The number of hydrogen-bond donors (Lipinski definition) is 0. The van der Waals surface area contributed by atoms with Gasteiger partial charge in [-0.15, -0.1) is 0 Å². The molecule has 0 unspecified atom stereocenters. The molecule has 0 N–H and O–H groups in total. The van der Waals surface area contributed by atoms with E-state index in [1.807, 2.05) is 48.2 Å². The predicted octanol–water partition coefficient (Wildman–Crippen LogP) is 5.96. The summed E-state index contributed by atoms with van der Waals surface area (Å²) in [5.74, 6) is 0.0328. The van der Waals surface area contributed by atoms with Crippen LogP contribution in [0.25, 0.3) is 6.08 Å². The highest BCUT2D eigenvalue weighted by Gasteiger charge is 2.63. The molecule has 0 saturated carbocycles. The van der Waals surface area contributed by atoms with Crippen LogP contribution in [0.3, 0.4) is 0 Å². The van der Waals surface area contributed by atoms with Crippen LogP contribution in [0.5, 0.6) is 17.2 Å². The average Bonchev–Trinajstić information content (AvgIpc) is 3.27. The monoisotopic (exact) mass is 539 g/mol. The van der Waals surface area contributed by atoms with Gasteiger partial charge >= 0.3 is 0 Å². The number of benzene rings is 3. The van der Waals surface area contributed by atoms with Crippen molar-refractivity contribution in [3.63, 3.8) is 0 Å². The second-order valence-corrected chi connectivity index (χ2v) is 10.1. The van der Waals surface area contributed by atoms with Crippen LogP contribution in [0.4, 0.5) is 5.69 Å². The first kappa shape index (κ1) is 26.2. The Morgan fingerprint density at radius 2 is 1.59 bits per heavy atom. The van der Waals surface area contributed by atoms with E-state index in [-0.39, 0.29) is 5.78 Å². The molecule has 1 fully saturated rings. The van der Waals surface area contributed by atoms with Gasteiger partial charge in [-0.25, -0.2) is 0 Å². The zero-order chi connectivity index (χ0) is 27.9. The third-order valence-corrected chi connectivity index (χ3v) is 7.85. The summed E-state index contributed by atoms with van der Waals surface area (Å²) in [6.45, 7) is 1.95. The molecule has 3 atom stereocenters. The van der Waals surface area contributed by atoms with Crippen LogP contribution >= 0.6 is 11.6 Å². The molecule has 3 aromatic rings. The van der Waals surface area contributed by atoms with Crippen LogP contribution < -0.4 is 19.1 Å². The number of ketones is 1.